The summed E-state index contributed by atoms with van der Waals surface area (Å²) in [5, 5.41) is 9.51. The molecular formula is C27H23NO3. The van der Waals surface area contributed by atoms with Crippen LogP contribution in [0.2, 0.25) is 0 Å². The first-order valence-corrected chi connectivity index (χ1v) is 10.00. The molecule has 0 aliphatic heterocycles. The highest BCUT2D eigenvalue weighted by Gasteiger charge is 2.17. The van der Waals surface area contributed by atoms with Gasteiger partial charge in [0.15, 0.2) is 0 Å². The standard InChI is InChI=1S/C27H23NO3/c1-19-7-4-3-5-8-21-18-26(20-12-14-24(31-2)15-13-20)28(25(21)16-11-19)23-10-6-9-22(17-23)27(29)30/h3-7,9-18H,1,8H2,2H3,(H,29,30)/b5-3-,7-4-,16-11-. The first-order chi connectivity index (χ1) is 15.1. The topological polar surface area (TPSA) is 51.5 Å². The van der Waals surface area contributed by atoms with E-state index < -0.39 is 5.97 Å². The van der Waals surface area contributed by atoms with Crippen molar-refractivity contribution >= 4 is 12.0 Å². The summed E-state index contributed by atoms with van der Waals surface area (Å²) in [7, 11) is 1.64. The molecule has 0 saturated heterocycles. The third-order valence-electron chi connectivity index (χ3n) is 5.21. The van der Waals surface area contributed by atoms with Crippen LogP contribution in [0.5, 0.6) is 5.75 Å². The molecule has 0 spiro atoms. The molecule has 4 rings (SSSR count). The number of aromatic nitrogens is 1. The molecule has 1 heterocycles. The SMILES string of the molecule is C=C1/C=C\C=C/Cc2cc(-c3ccc(OC)cc3)n(-c3cccc(C(=O)O)c3)c2/C=C\1. The van der Waals surface area contributed by atoms with Crippen LogP contribution in [0, 0.1) is 0 Å². The van der Waals surface area contributed by atoms with Gasteiger partial charge in [-0.05, 0) is 77.7 Å². The summed E-state index contributed by atoms with van der Waals surface area (Å²) in [5.74, 6) is -0.167. The van der Waals surface area contributed by atoms with Gasteiger partial charge in [-0.1, -0.05) is 43.0 Å². The highest BCUT2D eigenvalue weighted by molar-refractivity contribution is 5.88. The van der Waals surface area contributed by atoms with E-state index in [9.17, 15) is 9.90 Å². The zero-order valence-electron chi connectivity index (χ0n) is 17.3. The number of fused-ring (bicyclic) bond motifs is 1. The molecule has 0 amide bonds. The average molecular weight is 409 g/mol. The molecular weight excluding hydrogens is 386 g/mol. The van der Waals surface area contributed by atoms with Crippen molar-refractivity contribution in [1.29, 1.82) is 0 Å². The minimum atomic E-state index is -0.951. The summed E-state index contributed by atoms with van der Waals surface area (Å²) >= 11 is 0. The third kappa shape index (κ3) is 4.28. The Morgan fingerprint density at radius 3 is 2.58 bits per heavy atom. The maximum absolute atomic E-state index is 11.6. The molecule has 0 saturated carbocycles. The Morgan fingerprint density at radius 2 is 1.84 bits per heavy atom. The molecule has 4 nitrogen and oxygen atoms in total. The number of nitrogens with zero attached hydrogens (tertiary/aromatic N) is 1. The van der Waals surface area contributed by atoms with Crippen LogP contribution >= 0.6 is 0 Å². The lowest BCUT2D eigenvalue weighted by Gasteiger charge is -2.14. The van der Waals surface area contributed by atoms with E-state index in [0.717, 1.165) is 45.9 Å². The second-order valence-electron chi connectivity index (χ2n) is 7.26. The van der Waals surface area contributed by atoms with E-state index in [1.165, 1.54) is 0 Å². The molecule has 154 valence electrons. The molecule has 2 aromatic carbocycles. The molecule has 0 atom stereocenters. The minimum absolute atomic E-state index is 0.247. The number of hydrogen-bond donors (Lipinski definition) is 1. The second kappa shape index (κ2) is 8.76. The monoisotopic (exact) mass is 409 g/mol. The van der Waals surface area contributed by atoms with Crippen molar-refractivity contribution in [2.75, 3.05) is 7.11 Å². The van der Waals surface area contributed by atoms with Gasteiger partial charge in [0.1, 0.15) is 5.75 Å². The normalized spacial score (nSPS) is 16.2. The van der Waals surface area contributed by atoms with E-state index in [-0.39, 0.29) is 5.56 Å². The smallest absolute Gasteiger partial charge is 0.335 e. The van der Waals surface area contributed by atoms with E-state index in [1.54, 1.807) is 25.3 Å². The van der Waals surface area contributed by atoms with E-state index in [1.807, 2.05) is 60.7 Å². The van der Waals surface area contributed by atoms with Gasteiger partial charge in [0, 0.05) is 11.4 Å². The highest BCUT2D eigenvalue weighted by atomic mass is 16.5. The first-order valence-electron chi connectivity index (χ1n) is 10.00. The predicted octanol–water partition coefficient (Wildman–Crippen LogP) is 6.09. The van der Waals surface area contributed by atoms with Crippen molar-refractivity contribution in [3.8, 4) is 22.7 Å². The van der Waals surface area contributed by atoms with Gasteiger partial charge >= 0.3 is 5.97 Å². The number of hydrogen-bond acceptors (Lipinski definition) is 2. The number of allylic oxidation sites excluding steroid dienone is 6. The van der Waals surface area contributed by atoms with Gasteiger partial charge in [0.2, 0.25) is 0 Å². The molecule has 1 N–H and O–H groups in total. The Morgan fingerprint density at radius 1 is 1.03 bits per heavy atom. The molecule has 4 heteroatoms. The fraction of sp³-hybridized carbons (Fsp3) is 0.0741. The van der Waals surface area contributed by atoms with Gasteiger partial charge in [-0.3, -0.25) is 0 Å². The number of carbonyl (C=O) groups is 1. The summed E-state index contributed by atoms with van der Waals surface area (Å²) in [5.41, 5.74) is 6.05. The molecule has 0 radical (unpaired) electrons. The van der Waals surface area contributed by atoms with E-state index >= 15 is 0 Å². The molecule has 3 aromatic rings. The van der Waals surface area contributed by atoms with Crippen LogP contribution in [0.25, 0.3) is 23.0 Å². The van der Waals surface area contributed by atoms with Gasteiger partial charge < -0.3 is 14.4 Å². The summed E-state index contributed by atoms with van der Waals surface area (Å²) in [6.07, 6.45) is 12.8. The van der Waals surface area contributed by atoms with Crippen molar-refractivity contribution < 1.29 is 14.6 Å². The summed E-state index contributed by atoms with van der Waals surface area (Å²) in [6, 6.07) is 17.0. The van der Waals surface area contributed by atoms with Crippen LogP contribution in [0.3, 0.4) is 0 Å². The van der Waals surface area contributed by atoms with Crippen molar-refractivity contribution in [1.82, 2.24) is 4.57 Å². The van der Waals surface area contributed by atoms with Crippen LogP contribution < -0.4 is 4.74 Å². The number of carboxylic acid groups (broad SMARTS) is 1. The Hall–Kier alpha value is -4.05. The van der Waals surface area contributed by atoms with Crippen molar-refractivity contribution in [2.45, 2.75) is 6.42 Å². The number of methoxy groups -OCH3 is 1. The predicted molar refractivity (Wildman–Crippen MR) is 125 cm³/mol. The van der Waals surface area contributed by atoms with Gasteiger partial charge in [0.25, 0.3) is 0 Å². The molecule has 1 aliphatic rings. The van der Waals surface area contributed by atoms with Gasteiger partial charge in [0.05, 0.1) is 18.4 Å². The molecule has 0 fully saturated rings. The summed E-state index contributed by atoms with van der Waals surface area (Å²) < 4.78 is 7.41. The van der Waals surface area contributed by atoms with Crippen LogP contribution in [0.1, 0.15) is 21.6 Å². The second-order valence-corrected chi connectivity index (χ2v) is 7.26. The zero-order chi connectivity index (χ0) is 21.8. The average Bonchev–Trinajstić information content (AvgIpc) is 3.16. The third-order valence-corrected chi connectivity index (χ3v) is 5.21. The molecule has 1 aliphatic carbocycles. The van der Waals surface area contributed by atoms with E-state index in [0.29, 0.717) is 0 Å². The maximum Gasteiger partial charge on any atom is 0.335 e. The maximum atomic E-state index is 11.6. The molecule has 0 unspecified atom stereocenters. The lowest BCUT2D eigenvalue weighted by molar-refractivity contribution is 0.0697. The van der Waals surface area contributed by atoms with Crippen LogP contribution in [0.15, 0.2) is 97.1 Å². The summed E-state index contributed by atoms with van der Waals surface area (Å²) in [6.45, 7) is 4.08. The molecule has 0 bridgehead atoms. The zero-order valence-corrected chi connectivity index (χ0v) is 17.3. The Kier molecular flexibility index (Phi) is 5.72. The van der Waals surface area contributed by atoms with Crippen LogP contribution in [0.4, 0.5) is 0 Å². The minimum Gasteiger partial charge on any atom is -0.497 e. The largest absolute Gasteiger partial charge is 0.497 e. The number of aromatic carboxylic acids is 1. The van der Waals surface area contributed by atoms with Crippen LogP contribution in [-0.4, -0.2) is 22.8 Å². The number of benzene rings is 2. The lowest BCUT2D eigenvalue weighted by Crippen LogP contribution is -2.03. The first kappa shape index (κ1) is 20.2. The Bertz CT molecular complexity index is 1220. The number of rotatable bonds is 4. The number of carboxylic acids is 1. The van der Waals surface area contributed by atoms with Gasteiger partial charge in [-0.15, -0.1) is 0 Å². The fourth-order valence-corrected chi connectivity index (χ4v) is 3.65. The fourth-order valence-electron chi connectivity index (χ4n) is 3.65. The highest BCUT2D eigenvalue weighted by Crippen LogP contribution is 2.33. The van der Waals surface area contributed by atoms with Crippen molar-refractivity contribution in [3.05, 3.63) is 114 Å². The Balaban J connectivity index is 1.97. The number of ether oxygens (including phenoxy) is 1. The quantitative estimate of drug-likeness (QED) is 0.567. The summed E-state index contributed by atoms with van der Waals surface area (Å²) in [4.78, 5) is 11.6. The molecule has 1 aromatic heterocycles. The van der Waals surface area contributed by atoms with Crippen LogP contribution in [-0.2, 0) is 6.42 Å². The lowest BCUT2D eigenvalue weighted by atomic mass is 10.1. The van der Waals surface area contributed by atoms with Gasteiger partial charge in [-0.25, -0.2) is 4.79 Å². The van der Waals surface area contributed by atoms with E-state index in [4.69, 9.17) is 4.74 Å². The van der Waals surface area contributed by atoms with E-state index in [2.05, 4.69) is 23.3 Å². The Labute approximate surface area is 181 Å². The van der Waals surface area contributed by atoms with Gasteiger partial charge in [-0.2, -0.15) is 0 Å². The molecule has 31 heavy (non-hydrogen) atoms. The van der Waals surface area contributed by atoms with Crippen molar-refractivity contribution in [3.63, 3.8) is 0 Å². The van der Waals surface area contributed by atoms with Crippen molar-refractivity contribution in [2.24, 2.45) is 0 Å².